The van der Waals surface area contributed by atoms with Crippen LogP contribution in [0.5, 0.6) is 0 Å². The zero-order valence-electron chi connectivity index (χ0n) is 19.3. The van der Waals surface area contributed by atoms with Crippen molar-refractivity contribution in [2.45, 2.75) is 19.3 Å². The van der Waals surface area contributed by atoms with E-state index in [1.807, 2.05) is 0 Å². The molecule has 0 aliphatic carbocycles. The average molecular weight is 520 g/mol. The van der Waals surface area contributed by atoms with E-state index in [-0.39, 0.29) is 22.7 Å². The molecule has 0 saturated heterocycles. The van der Waals surface area contributed by atoms with E-state index in [9.17, 15) is 35.9 Å². The Morgan fingerprint density at radius 3 is 1.97 bits per heavy atom. The number of carbonyl (C=O) groups excluding carboxylic acids is 2. The molecule has 4 aromatic rings. The van der Waals surface area contributed by atoms with Crippen molar-refractivity contribution in [3.05, 3.63) is 83.7 Å². The van der Waals surface area contributed by atoms with Gasteiger partial charge in [0.1, 0.15) is 5.65 Å². The molecule has 192 valence electrons. The minimum Gasteiger partial charge on any atom is -0.321 e. The minimum absolute atomic E-state index is 0.176. The smallest absolute Gasteiger partial charge is 0.321 e. The number of amides is 2. The lowest BCUT2D eigenvalue weighted by atomic mass is 10.0. The molecule has 0 saturated carbocycles. The standard InChI is InChI=1S/C25H18F6N4O2/c1-14-21(34(2)23(37)25(29,30)31)33-20-12-11-19(13-35(14)20)32-22(36)17-5-3-15(4-6-17)16-7-9-18(10-8-16)24(26,27)28/h3-13H,1-2H3,(H,32,36). The number of nitrogens with one attached hydrogen (secondary N) is 1. The molecule has 37 heavy (non-hydrogen) atoms. The maximum Gasteiger partial charge on any atom is 0.471 e. The maximum atomic E-state index is 12.8. The number of aromatic nitrogens is 2. The number of rotatable bonds is 4. The monoisotopic (exact) mass is 520 g/mol. The first-order valence-electron chi connectivity index (χ1n) is 10.7. The van der Waals surface area contributed by atoms with Crippen LogP contribution in [0.2, 0.25) is 0 Å². The van der Waals surface area contributed by atoms with E-state index >= 15 is 0 Å². The van der Waals surface area contributed by atoms with Crippen LogP contribution in [0.4, 0.5) is 37.8 Å². The summed E-state index contributed by atoms with van der Waals surface area (Å²) in [6.45, 7) is 1.49. The third-order valence-electron chi connectivity index (χ3n) is 5.65. The minimum atomic E-state index is -5.06. The highest BCUT2D eigenvalue weighted by Crippen LogP contribution is 2.31. The fourth-order valence-electron chi connectivity index (χ4n) is 3.70. The number of pyridine rings is 1. The second-order valence-electron chi connectivity index (χ2n) is 8.14. The summed E-state index contributed by atoms with van der Waals surface area (Å²) in [5.74, 6) is -2.72. The molecular weight excluding hydrogens is 502 g/mol. The van der Waals surface area contributed by atoms with Crippen LogP contribution in [-0.4, -0.2) is 34.4 Å². The zero-order valence-corrected chi connectivity index (χ0v) is 19.3. The summed E-state index contributed by atoms with van der Waals surface area (Å²) in [4.78, 5) is 28.8. The number of hydrogen-bond donors (Lipinski definition) is 1. The SMILES string of the molecule is Cc1c(N(C)C(=O)C(F)(F)F)nc2ccc(NC(=O)c3ccc(-c4ccc(C(F)(F)F)cc4)cc3)cn12. The van der Waals surface area contributed by atoms with E-state index in [1.165, 1.54) is 53.9 Å². The molecule has 0 aliphatic rings. The number of fused-ring (bicyclic) bond motifs is 1. The normalized spacial score (nSPS) is 12.0. The molecule has 2 aromatic carbocycles. The van der Waals surface area contributed by atoms with E-state index in [0.717, 1.165) is 19.2 Å². The lowest BCUT2D eigenvalue weighted by Gasteiger charge is -2.16. The number of carbonyl (C=O) groups is 2. The van der Waals surface area contributed by atoms with Crippen molar-refractivity contribution in [2.75, 3.05) is 17.3 Å². The first-order chi connectivity index (χ1) is 17.3. The summed E-state index contributed by atoms with van der Waals surface area (Å²) >= 11 is 0. The number of anilines is 2. The van der Waals surface area contributed by atoms with Gasteiger partial charge < -0.3 is 9.72 Å². The Hall–Kier alpha value is -4.35. The van der Waals surface area contributed by atoms with E-state index in [1.54, 1.807) is 12.1 Å². The third-order valence-corrected chi connectivity index (χ3v) is 5.65. The molecule has 0 spiro atoms. The summed E-state index contributed by atoms with van der Waals surface area (Å²) in [5.41, 5.74) is 1.52. The van der Waals surface area contributed by atoms with E-state index in [4.69, 9.17) is 0 Å². The van der Waals surface area contributed by atoms with E-state index in [0.29, 0.717) is 21.7 Å². The first kappa shape index (κ1) is 25.7. The van der Waals surface area contributed by atoms with Gasteiger partial charge in [-0.3, -0.25) is 14.5 Å². The van der Waals surface area contributed by atoms with Crippen LogP contribution < -0.4 is 10.2 Å². The van der Waals surface area contributed by atoms with Crippen molar-refractivity contribution in [1.82, 2.24) is 9.38 Å². The lowest BCUT2D eigenvalue weighted by molar-refractivity contribution is -0.170. The quantitative estimate of drug-likeness (QED) is 0.331. The largest absolute Gasteiger partial charge is 0.471 e. The van der Waals surface area contributed by atoms with Gasteiger partial charge in [-0.25, -0.2) is 4.98 Å². The van der Waals surface area contributed by atoms with Crippen molar-refractivity contribution >= 4 is 29.0 Å². The topological polar surface area (TPSA) is 66.7 Å². The molecular formula is C25H18F6N4O2. The van der Waals surface area contributed by atoms with Gasteiger partial charge in [-0.2, -0.15) is 26.3 Å². The first-order valence-corrected chi connectivity index (χ1v) is 10.7. The van der Waals surface area contributed by atoms with Crippen LogP contribution in [0.1, 0.15) is 21.6 Å². The van der Waals surface area contributed by atoms with Crippen molar-refractivity contribution in [3.63, 3.8) is 0 Å². The molecule has 0 bridgehead atoms. The third kappa shape index (κ3) is 5.27. The number of nitrogens with zero attached hydrogens (tertiary/aromatic N) is 3. The Kier molecular flexibility index (Phi) is 6.44. The molecule has 2 heterocycles. The maximum absolute atomic E-state index is 12.8. The number of halogens is 6. The number of alkyl halides is 6. The van der Waals surface area contributed by atoms with Crippen LogP contribution in [0.25, 0.3) is 16.8 Å². The summed E-state index contributed by atoms with van der Waals surface area (Å²) < 4.78 is 78.1. The predicted octanol–water partition coefficient (Wildman–Crippen LogP) is 6.11. The molecule has 0 aliphatic heterocycles. The Bertz CT molecular complexity index is 1470. The molecule has 0 fully saturated rings. The van der Waals surface area contributed by atoms with Gasteiger partial charge in [-0.1, -0.05) is 24.3 Å². The molecule has 1 N–H and O–H groups in total. The lowest BCUT2D eigenvalue weighted by Crippen LogP contribution is -2.39. The molecule has 6 nitrogen and oxygen atoms in total. The number of hydrogen-bond acceptors (Lipinski definition) is 3. The predicted molar refractivity (Wildman–Crippen MR) is 124 cm³/mol. The second kappa shape index (κ2) is 9.26. The van der Waals surface area contributed by atoms with Crippen LogP contribution in [0, 0.1) is 6.92 Å². The van der Waals surface area contributed by atoms with Crippen molar-refractivity contribution in [2.24, 2.45) is 0 Å². The summed E-state index contributed by atoms with van der Waals surface area (Å²) in [6, 6.07) is 13.8. The Morgan fingerprint density at radius 1 is 0.865 bits per heavy atom. The fourth-order valence-corrected chi connectivity index (χ4v) is 3.70. The molecule has 0 radical (unpaired) electrons. The molecule has 2 aromatic heterocycles. The molecule has 0 unspecified atom stereocenters. The Balaban J connectivity index is 1.51. The van der Waals surface area contributed by atoms with Gasteiger partial charge in [-0.05, 0) is 54.4 Å². The second-order valence-corrected chi connectivity index (χ2v) is 8.14. The van der Waals surface area contributed by atoms with Gasteiger partial charge >= 0.3 is 18.3 Å². The number of aryl methyl sites for hydroxylation is 1. The average Bonchev–Trinajstić information content (AvgIpc) is 3.18. The number of imidazole rings is 1. The highest BCUT2D eigenvalue weighted by molar-refractivity contribution is 6.04. The fraction of sp³-hybridized carbons (Fsp3) is 0.160. The molecule has 4 rings (SSSR count). The summed E-state index contributed by atoms with van der Waals surface area (Å²) in [7, 11) is 0.974. The Morgan fingerprint density at radius 2 is 1.43 bits per heavy atom. The van der Waals surface area contributed by atoms with Gasteiger partial charge in [0.05, 0.1) is 16.9 Å². The highest BCUT2D eigenvalue weighted by Gasteiger charge is 2.42. The van der Waals surface area contributed by atoms with Crippen molar-refractivity contribution in [1.29, 1.82) is 0 Å². The highest BCUT2D eigenvalue weighted by atomic mass is 19.4. The molecule has 12 heteroatoms. The molecule has 2 amide bonds. The Labute approximate surface area is 206 Å². The van der Waals surface area contributed by atoms with Gasteiger partial charge in [0.2, 0.25) is 0 Å². The van der Waals surface area contributed by atoms with Gasteiger partial charge in [-0.15, -0.1) is 0 Å². The van der Waals surface area contributed by atoms with Crippen LogP contribution in [0.15, 0.2) is 66.9 Å². The van der Waals surface area contributed by atoms with E-state index < -0.39 is 29.7 Å². The van der Waals surface area contributed by atoms with Crippen LogP contribution in [-0.2, 0) is 11.0 Å². The van der Waals surface area contributed by atoms with Gasteiger partial charge in [0.15, 0.2) is 5.82 Å². The van der Waals surface area contributed by atoms with Crippen LogP contribution >= 0.6 is 0 Å². The summed E-state index contributed by atoms with van der Waals surface area (Å²) in [6.07, 6.45) is -8.03. The number of benzene rings is 2. The van der Waals surface area contributed by atoms with Gasteiger partial charge in [0.25, 0.3) is 5.91 Å². The molecule has 0 atom stereocenters. The zero-order chi connectivity index (χ0) is 27.1. The van der Waals surface area contributed by atoms with Crippen LogP contribution in [0.3, 0.4) is 0 Å². The van der Waals surface area contributed by atoms with Crippen molar-refractivity contribution < 1.29 is 35.9 Å². The van der Waals surface area contributed by atoms with E-state index in [2.05, 4.69) is 10.3 Å². The van der Waals surface area contributed by atoms with Crippen molar-refractivity contribution in [3.8, 4) is 11.1 Å². The van der Waals surface area contributed by atoms with Gasteiger partial charge in [0, 0.05) is 18.8 Å². The summed E-state index contributed by atoms with van der Waals surface area (Å²) in [5, 5.41) is 2.67.